The number of phenolic OH excluding ortho intramolecular Hbond substituents is 2. The Morgan fingerprint density at radius 2 is 2.00 bits per heavy atom. The third kappa shape index (κ3) is 2.26. The minimum absolute atomic E-state index is 0.195. The van der Waals surface area contributed by atoms with E-state index in [-0.39, 0.29) is 11.5 Å². The van der Waals surface area contributed by atoms with Crippen molar-refractivity contribution in [1.82, 2.24) is 0 Å². The van der Waals surface area contributed by atoms with Crippen LogP contribution in [-0.2, 0) is 4.79 Å². The first-order valence-electron chi connectivity index (χ1n) is 4.01. The predicted molar refractivity (Wildman–Crippen MR) is 52.6 cm³/mol. The molecule has 0 atom stereocenters. The van der Waals surface area contributed by atoms with Gasteiger partial charge in [0.05, 0.1) is 0 Å². The van der Waals surface area contributed by atoms with Crippen LogP contribution < -0.4 is 5.73 Å². The van der Waals surface area contributed by atoms with Gasteiger partial charge in [0.25, 0.3) is 0 Å². The lowest BCUT2D eigenvalue weighted by atomic mass is 10.1. The van der Waals surface area contributed by atoms with E-state index in [2.05, 4.69) is 0 Å². The second-order valence-corrected chi connectivity index (χ2v) is 2.94. The molecule has 0 unspecified atom stereocenters. The van der Waals surface area contributed by atoms with Gasteiger partial charge in [-0.05, 0) is 30.7 Å². The zero-order valence-corrected chi connectivity index (χ0v) is 7.69. The average Bonchev–Trinajstić information content (AvgIpc) is 2.11. The molecule has 0 bridgehead atoms. The van der Waals surface area contributed by atoms with Crippen molar-refractivity contribution in [2.24, 2.45) is 5.73 Å². The molecular weight excluding hydrogens is 182 g/mol. The van der Waals surface area contributed by atoms with Gasteiger partial charge >= 0.3 is 0 Å². The number of aromatic hydroxyl groups is 2. The van der Waals surface area contributed by atoms with Gasteiger partial charge in [0.15, 0.2) is 11.5 Å². The van der Waals surface area contributed by atoms with Crippen molar-refractivity contribution in [3.05, 3.63) is 29.3 Å². The largest absolute Gasteiger partial charge is 0.504 e. The fourth-order valence-corrected chi connectivity index (χ4v) is 0.951. The molecule has 1 amide bonds. The molecule has 4 heteroatoms. The molecule has 0 aliphatic heterocycles. The van der Waals surface area contributed by atoms with Gasteiger partial charge in [-0.3, -0.25) is 4.79 Å². The molecular formula is C10H11NO3. The molecule has 1 rings (SSSR count). The summed E-state index contributed by atoms with van der Waals surface area (Å²) < 4.78 is 0. The van der Waals surface area contributed by atoms with Crippen molar-refractivity contribution >= 4 is 12.0 Å². The van der Waals surface area contributed by atoms with Crippen LogP contribution in [0.25, 0.3) is 6.08 Å². The van der Waals surface area contributed by atoms with E-state index >= 15 is 0 Å². The van der Waals surface area contributed by atoms with Gasteiger partial charge in [-0.25, -0.2) is 0 Å². The van der Waals surface area contributed by atoms with Crippen molar-refractivity contribution in [2.75, 3.05) is 0 Å². The fraction of sp³-hybridized carbons (Fsp3) is 0.100. The summed E-state index contributed by atoms with van der Waals surface area (Å²) in [5.74, 6) is -0.938. The summed E-state index contributed by atoms with van der Waals surface area (Å²) in [6.45, 7) is 1.58. The highest BCUT2D eigenvalue weighted by Gasteiger charge is 2.01. The van der Waals surface area contributed by atoms with Crippen LogP contribution in [-0.4, -0.2) is 16.1 Å². The van der Waals surface area contributed by atoms with E-state index < -0.39 is 5.91 Å². The van der Waals surface area contributed by atoms with Crippen LogP contribution in [0.3, 0.4) is 0 Å². The minimum Gasteiger partial charge on any atom is -0.504 e. The van der Waals surface area contributed by atoms with Crippen molar-refractivity contribution in [3.63, 3.8) is 0 Å². The molecule has 0 aliphatic rings. The number of carbonyl (C=O) groups is 1. The lowest BCUT2D eigenvalue weighted by Gasteiger charge is -1.99. The van der Waals surface area contributed by atoms with Gasteiger partial charge < -0.3 is 15.9 Å². The molecule has 4 N–H and O–H groups in total. The maximum absolute atomic E-state index is 10.7. The number of hydrogen-bond acceptors (Lipinski definition) is 3. The Hall–Kier alpha value is -1.97. The SMILES string of the molecule is CC(=Cc1ccc(O)c(O)c1)C(N)=O. The first-order chi connectivity index (χ1) is 6.50. The zero-order chi connectivity index (χ0) is 10.7. The van der Waals surface area contributed by atoms with Crippen molar-refractivity contribution < 1.29 is 15.0 Å². The Balaban J connectivity index is 3.04. The van der Waals surface area contributed by atoms with Gasteiger partial charge in [0, 0.05) is 5.57 Å². The highest BCUT2D eigenvalue weighted by molar-refractivity contribution is 5.96. The third-order valence-corrected chi connectivity index (χ3v) is 1.77. The Morgan fingerprint density at radius 1 is 1.36 bits per heavy atom. The van der Waals surface area contributed by atoms with Crippen LogP contribution in [0.15, 0.2) is 23.8 Å². The van der Waals surface area contributed by atoms with Gasteiger partial charge in [0.1, 0.15) is 0 Å². The zero-order valence-electron chi connectivity index (χ0n) is 7.69. The Kier molecular flexibility index (Phi) is 2.76. The standard InChI is InChI=1S/C10H11NO3/c1-6(10(11)14)4-7-2-3-8(12)9(13)5-7/h2-5,12-13H,1H3,(H2,11,14). The lowest BCUT2D eigenvalue weighted by Crippen LogP contribution is -2.11. The van der Waals surface area contributed by atoms with Gasteiger partial charge in [-0.2, -0.15) is 0 Å². The van der Waals surface area contributed by atoms with E-state index in [9.17, 15) is 4.79 Å². The van der Waals surface area contributed by atoms with Crippen LogP contribution in [0, 0.1) is 0 Å². The monoisotopic (exact) mass is 193 g/mol. The molecule has 0 heterocycles. The quantitative estimate of drug-likeness (QED) is 0.483. The van der Waals surface area contributed by atoms with E-state index in [4.69, 9.17) is 15.9 Å². The Bertz CT molecular complexity index is 396. The highest BCUT2D eigenvalue weighted by Crippen LogP contribution is 2.25. The molecule has 74 valence electrons. The summed E-state index contributed by atoms with van der Waals surface area (Å²) in [5, 5.41) is 18.2. The topological polar surface area (TPSA) is 83.6 Å². The van der Waals surface area contributed by atoms with Crippen LogP contribution in [0.1, 0.15) is 12.5 Å². The molecule has 0 radical (unpaired) electrons. The lowest BCUT2D eigenvalue weighted by molar-refractivity contribution is -0.114. The maximum atomic E-state index is 10.7. The van der Waals surface area contributed by atoms with Crippen molar-refractivity contribution in [1.29, 1.82) is 0 Å². The summed E-state index contributed by atoms with van der Waals surface area (Å²) in [7, 11) is 0. The average molecular weight is 193 g/mol. The maximum Gasteiger partial charge on any atom is 0.244 e. The number of benzene rings is 1. The van der Waals surface area contributed by atoms with Gasteiger partial charge in [0.2, 0.25) is 5.91 Å². The Labute approximate surface area is 81.3 Å². The first-order valence-corrected chi connectivity index (χ1v) is 4.01. The molecule has 0 saturated heterocycles. The number of hydrogen-bond donors (Lipinski definition) is 3. The van der Waals surface area contributed by atoms with E-state index in [0.29, 0.717) is 11.1 Å². The molecule has 1 aromatic carbocycles. The number of carbonyl (C=O) groups excluding carboxylic acids is 1. The summed E-state index contributed by atoms with van der Waals surface area (Å²) in [5.41, 5.74) is 6.02. The molecule has 14 heavy (non-hydrogen) atoms. The van der Waals surface area contributed by atoms with E-state index in [1.54, 1.807) is 13.0 Å². The van der Waals surface area contributed by atoms with Crippen LogP contribution in [0.4, 0.5) is 0 Å². The third-order valence-electron chi connectivity index (χ3n) is 1.77. The van der Waals surface area contributed by atoms with E-state index in [1.165, 1.54) is 18.2 Å². The van der Waals surface area contributed by atoms with Gasteiger partial charge in [-0.15, -0.1) is 0 Å². The molecule has 4 nitrogen and oxygen atoms in total. The highest BCUT2D eigenvalue weighted by atomic mass is 16.3. The molecule has 0 aliphatic carbocycles. The van der Waals surface area contributed by atoms with E-state index in [0.717, 1.165) is 0 Å². The number of nitrogens with two attached hydrogens (primary N) is 1. The summed E-state index contributed by atoms with van der Waals surface area (Å²) in [4.78, 5) is 10.7. The summed E-state index contributed by atoms with van der Waals surface area (Å²) in [6.07, 6.45) is 1.53. The number of primary amides is 1. The summed E-state index contributed by atoms with van der Waals surface area (Å²) in [6, 6.07) is 4.26. The minimum atomic E-state index is -0.516. The Morgan fingerprint density at radius 3 is 2.50 bits per heavy atom. The second kappa shape index (κ2) is 3.83. The number of amides is 1. The van der Waals surface area contributed by atoms with Crippen LogP contribution in [0.2, 0.25) is 0 Å². The fourth-order valence-electron chi connectivity index (χ4n) is 0.951. The predicted octanol–water partition coefficient (Wildman–Crippen LogP) is 0.986. The molecule has 0 spiro atoms. The van der Waals surface area contributed by atoms with Crippen LogP contribution >= 0.6 is 0 Å². The molecule has 0 aromatic heterocycles. The summed E-state index contributed by atoms with van der Waals surface area (Å²) >= 11 is 0. The molecule has 0 fully saturated rings. The number of phenols is 2. The normalized spacial score (nSPS) is 11.4. The van der Waals surface area contributed by atoms with Gasteiger partial charge in [-0.1, -0.05) is 6.07 Å². The van der Waals surface area contributed by atoms with Crippen molar-refractivity contribution in [2.45, 2.75) is 6.92 Å². The van der Waals surface area contributed by atoms with Crippen molar-refractivity contribution in [3.8, 4) is 11.5 Å². The smallest absolute Gasteiger partial charge is 0.244 e. The number of rotatable bonds is 2. The second-order valence-electron chi connectivity index (χ2n) is 2.94. The van der Waals surface area contributed by atoms with Crippen LogP contribution in [0.5, 0.6) is 11.5 Å². The van der Waals surface area contributed by atoms with E-state index in [1.807, 2.05) is 0 Å². The first kappa shape index (κ1) is 10.1. The molecule has 0 saturated carbocycles. The molecule has 1 aromatic rings.